The number of unbranched alkanes of at least 4 members (excludes halogenated alkanes) is 13. The smallest absolute Gasteiger partial charge is 0.338 e. The Morgan fingerprint density at radius 2 is 1.07 bits per heavy atom. The van der Waals surface area contributed by atoms with Gasteiger partial charge in [0.05, 0.1) is 5.56 Å². The molecule has 0 aliphatic carbocycles. The van der Waals surface area contributed by atoms with Gasteiger partial charge in [-0.25, -0.2) is 4.79 Å². The molecule has 0 radical (unpaired) electrons. The number of hydrogen-bond donors (Lipinski definition) is 0. The van der Waals surface area contributed by atoms with Gasteiger partial charge in [0.1, 0.15) is 6.10 Å². The Kier molecular flexibility index (Phi) is 16.6. The first-order chi connectivity index (χ1) is 14.3. The fourth-order valence-corrected chi connectivity index (χ4v) is 3.89. The first-order valence-electron chi connectivity index (χ1n) is 12.5. The topological polar surface area (TPSA) is 26.3 Å². The molecule has 0 bridgehead atoms. The van der Waals surface area contributed by atoms with E-state index >= 15 is 0 Å². The number of carbonyl (C=O) groups is 1. The van der Waals surface area contributed by atoms with Gasteiger partial charge in [-0.3, -0.25) is 0 Å². The predicted molar refractivity (Wildman–Crippen MR) is 125 cm³/mol. The third-order valence-electron chi connectivity index (χ3n) is 5.79. The molecule has 0 spiro atoms. The predicted octanol–water partition coefficient (Wildman–Crippen LogP) is 8.88. The van der Waals surface area contributed by atoms with Crippen LogP contribution in [-0.2, 0) is 4.74 Å². The van der Waals surface area contributed by atoms with Gasteiger partial charge in [0.25, 0.3) is 0 Å². The summed E-state index contributed by atoms with van der Waals surface area (Å²) < 4.78 is 5.90. The molecule has 0 amide bonds. The summed E-state index contributed by atoms with van der Waals surface area (Å²) in [4.78, 5) is 12.5. The summed E-state index contributed by atoms with van der Waals surface area (Å²) >= 11 is 0. The van der Waals surface area contributed by atoms with Gasteiger partial charge in [-0.2, -0.15) is 0 Å². The van der Waals surface area contributed by atoms with E-state index in [2.05, 4.69) is 13.8 Å². The first-order valence-corrected chi connectivity index (χ1v) is 12.5. The van der Waals surface area contributed by atoms with E-state index in [1.165, 1.54) is 96.3 Å². The van der Waals surface area contributed by atoms with Crippen molar-refractivity contribution in [1.82, 2.24) is 0 Å². The van der Waals surface area contributed by atoms with Crippen LogP contribution in [0.5, 0.6) is 0 Å². The SMILES string of the molecule is CCCCCCCCCCCC(CCCCCCCC)OC(=O)c1ccccc1. The van der Waals surface area contributed by atoms with E-state index in [-0.39, 0.29) is 12.1 Å². The Labute approximate surface area is 180 Å². The van der Waals surface area contributed by atoms with Gasteiger partial charge in [-0.1, -0.05) is 116 Å². The highest BCUT2D eigenvalue weighted by molar-refractivity contribution is 5.89. The molecule has 0 aliphatic heterocycles. The summed E-state index contributed by atoms with van der Waals surface area (Å²) in [6.45, 7) is 4.52. The minimum atomic E-state index is -0.155. The van der Waals surface area contributed by atoms with Crippen molar-refractivity contribution in [2.24, 2.45) is 0 Å². The van der Waals surface area contributed by atoms with E-state index in [4.69, 9.17) is 4.74 Å². The molecule has 0 N–H and O–H groups in total. The fourth-order valence-electron chi connectivity index (χ4n) is 3.89. The molecule has 1 atom stereocenters. The molecule has 0 saturated carbocycles. The lowest BCUT2D eigenvalue weighted by Crippen LogP contribution is -2.18. The van der Waals surface area contributed by atoms with Crippen molar-refractivity contribution in [3.05, 3.63) is 35.9 Å². The van der Waals surface area contributed by atoms with Crippen LogP contribution < -0.4 is 0 Å². The second-order valence-corrected chi connectivity index (χ2v) is 8.57. The van der Waals surface area contributed by atoms with Crippen molar-refractivity contribution in [2.75, 3.05) is 0 Å². The van der Waals surface area contributed by atoms with Crippen molar-refractivity contribution in [1.29, 1.82) is 0 Å². The lowest BCUT2D eigenvalue weighted by atomic mass is 10.0. The van der Waals surface area contributed by atoms with Gasteiger partial charge in [0.15, 0.2) is 0 Å². The van der Waals surface area contributed by atoms with E-state index in [0.29, 0.717) is 5.56 Å². The Morgan fingerprint density at radius 3 is 1.52 bits per heavy atom. The zero-order chi connectivity index (χ0) is 21.0. The molecule has 0 fully saturated rings. The Bertz CT molecular complexity index is 483. The number of hydrogen-bond acceptors (Lipinski definition) is 2. The Morgan fingerprint density at radius 1 is 0.655 bits per heavy atom. The van der Waals surface area contributed by atoms with Crippen LogP contribution in [0.25, 0.3) is 0 Å². The monoisotopic (exact) mass is 402 g/mol. The molecule has 29 heavy (non-hydrogen) atoms. The summed E-state index contributed by atoms with van der Waals surface area (Å²) in [5.41, 5.74) is 0.674. The lowest BCUT2D eigenvalue weighted by molar-refractivity contribution is 0.0249. The second kappa shape index (κ2) is 18.7. The third-order valence-corrected chi connectivity index (χ3v) is 5.79. The van der Waals surface area contributed by atoms with Crippen molar-refractivity contribution < 1.29 is 9.53 Å². The highest BCUT2D eigenvalue weighted by Gasteiger charge is 2.15. The number of benzene rings is 1. The highest BCUT2D eigenvalue weighted by Crippen LogP contribution is 2.18. The average molecular weight is 403 g/mol. The maximum absolute atomic E-state index is 12.5. The van der Waals surface area contributed by atoms with Crippen molar-refractivity contribution >= 4 is 5.97 Å². The van der Waals surface area contributed by atoms with Crippen LogP contribution in [0.2, 0.25) is 0 Å². The third kappa shape index (κ3) is 14.3. The van der Waals surface area contributed by atoms with Crippen LogP contribution in [0, 0.1) is 0 Å². The van der Waals surface area contributed by atoms with Crippen molar-refractivity contribution in [3.8, 4) is 0 Å². The van der Waals surface area contributed by atoms with E-state index in [9.17, 15) is 4.79 Å². The molecule has 1 rings (SSSR count). The Balaban J connectivity index is 2.27. The fraction of sp³-hybridized carbons (Fsp3) is 0.741. The van der Waals surface area contributed by atoms with Gasteiger partial charge in [-0.15, -0.1) is 0 Å². The van der Waals surface area contributed by atoms with Gasteiger partial charge >= 0.3 is 5.97 Å². The molecule has 0 aliphatic rings. The minimum absolute atomic E-state index is 0.0819. The number of ether oxygens (including phenoxy) is 1. The van der Waals surface area contributed by atoms with Crippen LogP contribution >= 0.6 is 0 Å². The highest BCUT2D eigenvalue weighted by atomic mass is 16.5. The summed E-state index contributed by atoms with van der Waals surface area (Å²) in [5, 5.41) is 0. The second-order valence-electron chi connectivity index (χ2n) is 8.57. The lowest BCUT2D eigenvalue weighted by Gasteiger charge is -2.18. The van der Waals surface area contributed by atoms with Gasteiger partial charge in [0, 0.05) is 0 Å². The molecular weight excluding hydrogens is 356 g/mol. The normalized spacial score (nSPS) is 12.1. The molecule has 1 aromatic rings. The van der Waals surface area contributed by atoms with Crippen LogP contribution in [0.4, 0.5) is 0 Å². The van der Waals surface area contributed by atoms with E-state index in [1.807, 2.05) is 30.3 Å². The van der Waals surface area contributed by atoms with Gasteiger partial charge in [-0.05, 0) is 37.8 Å². The maximum atomic E-state index is 12.5. The van der Waals surface area contributed by atoms with Crippen LogP contribution in [0.15, 0.2) is 30.3 Å². The van der Waals surface area contributed by atoms with Gasteiger partial charge in [0.2, 0.25) is 0 Å². The minimum Gasteiger partial charge on any atom is -0.459 e. The summed E-state index contributed by atoms with van der Waals surface area (Å²) in [6, 6.07) is 9.44. The molecule has 2 heteroatoms. The van der Waals surface area contributed by atoms with E-state index < -0.39 is 0 Å². The molecule has 0 heterocycles. The zero-order valence-corrected chi connectivity index (χ0v) is 19.3. The molecule has 2 nitrogen and oxygen atoms in total. The first kappa shape index (κ1) is 25.7. The molecule has 1 aromatic carbocycles. The summed E-state index contributed by atoms with van der Waals surface area (Å²) in [6.07, 6.45) is 21.8. The van der Waals surface area contributed by atoms with Crippen LogP contribution in [-0.4, -0.2) is 12.1 Å². The standard InChI is InChI=1S/C27H46O2/c1-3-5-7-9-11-12-13-15-20-24-26(23-19-14-10-8-6-4-2)29-27(28)25-21-17-16-18-22-25/h16-18,21-22,26H,3-15,19-20,23-24H2,1-2H3. The van der Waals surface area contributed by atoms with Crippen molar-refractivity contribution in [3.63, 3.8) is 0 Å². The average Bonchev–Trinajstić information content (AvgIpc) is 2.75. The summed E-state index contributed by atoms with van der Waals surface area (Å²) in [5.74, 6) is -0.155. The number of esters is 1. The maximum Gasteiger partial charge on any atom is 0.338 e. The molecule has 0 aromatic heterocycles. The van der Waals surface area contributed by atoms with Gasteiger partial charge < -0.3 is 4.74 Å². The Hall–Kier alpha value is -1.31. The molecule has 1 unspecified atom stereocenters. The molecular formula is C27H46O2. The van der Waals surface area contributed by atoms with E-state index in [0.717, 1.165) is 12.8 Å². The van der Waals surface area contributed by atoms with E-state index in [1.54, 1.807) is 0 Å². The van der Waals surface area contributed by atoms with Crippen LogP contribution in [0.3, 0.4) is 0 Å². The summed E-state index contributed by atoms with van der Waals surface area (Å²) in [7, 11) is 0. The molecule has 0 saturated heterocycles. The van der Waals surface area contributed by atoms with Crippen molar-refractivity contribution in [2.45, 2.75) is 129 Å². The van der Waals surface area contributed by atoms with Crippen LogP contribution in [0.1, 0.15) is 133 Å². The molecule has 166 valence electrons. The zero-order valence-electron chi connectivity index (χ0n) is 19.3. The number of rotatable bonds is 19. The quantitative estimate of drug-likeness (QED) is 0.170. The number of carbonyl (C=O) groups excluding carboxylic acids is 1. The largest absolute Gasteiger partial charge is 0.459 e.